The summed E-state index contributed by atoms with van der Waals surface area (Å²) in [6.07, 6.45) is 4.12. The van der Waals surface area contributed by atoms with Gasteiger partial charge >= 0.3 is 0 Å². The van der Waals surface area contributed by atoms with E-state index in [0.29, 0.717) is 12.0 Å². The van der Waals surface area contributed by atoms with E-state index in [1.807, 2.05) is 13.0 Å². The Kier molecular flexibility index (Phi) is 2.70. The van der Waals surface area contributed by atoms with E-state index < -0.39 is 0 Å². The van der Waals surface area contributed by atoms with Crippen LogP contribution in [0.5, 0.6) is 0 Å². The van der Waals surface area contributed by atoms with Gasteiger partial charge in [-0.05, 0) is 37.5 Å². The third-order valence-electron chi connectivity index (χ3n) is 2.98. The number of aromatic nitrogens is 2. The first-order chi connectivity index (χ1) is 8.72. The van der Waals surface area contributed by atoms with Crippen LogP contribution in [0.2, 0.25) is 0 Å². The molecule has 1 saturated carbocycles. The summed E-state index contributed by atoms with van der Waals surface area (Å²) in [5.74, 6) is 0.379. The van der Waals surface area contributed by atoms with Crippen molar-refractivity contribution in [1.29, 1.82) is 0 Å². The van der Waals surface area contributed by atoms with Crippen LogP contribution in [0.4, 0.5) is 10.3 Å². The molecule has 1 aromatic heterocycles. The molecule has 1 fully saturated rings. The van der Waals surface area contributed by atoms with E-state index in [1.165, 1.54) is 25.0 Å². The molecular weight excluding hydrogens is 229 g/mol. The highest BCUT2D eigenvalue weighted by molar-refractivity contribution is 5.63. The number of hydrogen-bond acceptors (Lipinski definition) is 3. The Bertz CT molecular complexity index is 579. The maximum atomic E-state index is 13.2. The van der Waals surface area contributed by atoms with Crippen LogP contribution < -0.4 is 5.32 Å². The average Bonchev–Trinajstić information content (AvgIpc) is 3.15. The second-order valence-electron chi connectivity index (χ2n) is 4.65. The van der Waals surface area contributed by atoms with Gasteiger partial charge in [0.1, 0.15) is 5.82 Å². The van der Waals surface area contributed by atoms with E-state index in [4.69, 9.17) is 0 Å². The van der Waals surface area contributed by atoms with Gasteiger partial charge in [0.05, 0.1) is 5.69 Å². The molecule has 2 aromatic rings. The zero-order valence-electron chi connectivity index (χ0n) is 10.2. The highest BCUT2D eigenvalue weighted by Crippen LogP contribution is 2.26. The number of rotatable bonds is 3. The van der Waals surface area contributed by atoms with Crippen molar-refractivity contribution in [2.75, 3.05) is 5.32 Å². The van der Waals surface area contributed by atoms with Crippen LogP contribution in [-0.2, 0) is 0 Å². The predicted molar refractivity (Wildman–Crippen MR) is 68.8 cm³/mol. The summed E-state index contributed by atoms with van der Waals surface area (Å²) in [5.41, 5.74) is 2.52. The van der Waals surface area contributed by atoms with E-state index in [-0.39, 0.29) is 5.82 Å². The van der Waals surface area contributed by atoms with Gasteiger partial charge in [0, 0.05) is 17.8 Å². The third-order valence-corrected chi connectivity index (χ3v) is 2.98. The van der Waals surface area contributed by atoms with E-state index in [1.54, 1.807) is 12.3 Å². The van der Waals surface area contributed by atoms with Crippen LogP contribution in [0.15, 0.2) is 30.5 Å². The smallest absolute Gasteiger partial charge is 0.223 e. The summed E-state index contributed by atoms with van der Waals surface area (Å²) in [4.78, 5) is 8.73. The monoisotopic (exact) mass is 243 g/mol. The van der Waals surface area contributed by atoms with Crippen LogP contribution in [-0.4, -0.2) is 16.0 Å². The fraction of sp³-hybridized carbons (Fsp3) is 0.286. The average molecular weight is 243 g/mol. The quantitative estimate of drug-likeness (QED) is 0.899. The molecule has 4 heteroatoms. The lowest BCUT2D eigenvalue weighted by Crippen LogP contribution is -2.06. The van der Waals surface area contributed by atoms with E-state index in [9.17, 15) is 4.39 Å². The number of hydrogen-bond donors (Lipinski definition) is 1. The molecule has 0 aliphatic heterocycles. The van der Waals surface area contributed by atoms with Crippen LogP contribution in [0, 0.1) is 12.7 Å². The third kappa shape index (κ3) is 2.32. The Morgan fingerprint density at radius 3 is 2.89 bits per heavy atom. The number of benzene rings is 1. The summed E-state index contributed by atoms with van der Waals surface area (Å²) in [7, 11) is 0. The number of nitrogens with zero attached hydrogens (tertiary/aromatic N) is 2. The van der Waals surface area contributed by atoms with Crippen molar-refractivity contribution in [3.63, 3.8) is 0 Å². The molecule has 1 aliphatic carbocycles. The lowest BCUT2D eigenvalue weighted by atomic mass is 10.1. The van der Waals surface area contributed by atoms with Crippen molar-refractivity contribution in [1.82, 2.24) is 9.97 Å². The van der Waals surface area contributed by atoms with Gasteiger partial charge in [-0.1, -0.05) is 12.1 Å². The first-order valence-electron chi connectivity index (χ1n) is 6.08. The van der Waals surface area contributed by atoms with Gasteiger partial charge < -0.3 is 5.32 Å². The van der Waals surface area contributed by atoms with Gasteiger partial charge in [-0.25, -0.2) is 14.4 Å². The molecule has 0 atom stereocenters. The predicted octanol–water partition coefficient (Wildman–Crippen LogP) is 3.17. The maximum absolute atomic E-state index is 13.2. The molecule has 3 nitrogen and oxygen atoms in total. The van der Waals surface area contributed by atoms with Crippen LogP contribution in [0.1, 0.15) is 18.4 Å². The number of nitrogens with one attached hydrogen (secondary N) is 1. The molecule has 0 unspecified atom stereocenters. The molecule has 0 amide bonds. The van der Waals surface area contributed by atoms with Gasteiger partial charge in [0.25, 0.3) is 0 Å². The Hall–Kier alpha value is -1.97. The molecule has 1 heterocycles. The van der Waals surface area contributed by atoms with Gasteiger partial charge in [0.15, 0.2) is 0 Å². The Morgan fingerprint density at radius 1 is 1.33 bits per heavy atom. The molecule has 0 spiro atoms. The summed E-state index contributed by atoms with van der Waals surface area (Å²) >= 11 is 0. The number of aryl methyl sites for hydroxylation is 1. The molecule has 3 rings (SSSR count). The molecule has 1 N–H and O–H groups in total. The normalized spacial score (nSPS) is 14.6. The second kappa shape index (κ2) is 4.37. The fourth-order valence-electron chi connectivity index (χ4n) is 1.85. The zero-order chi connectivity index (χ0) is 12.5. The van der Waals surface area contributed by atoms with Crippen LogP contribution in [0.3, 0.4) is 0 Å². The zero-order valence-corrected chi connectivity index (χ0v) is 10.2. The van der Waals surface area contributed by atoms with Crippen molar-refractivity contribution >= 4 is 5.95 Å². The lowest BCUT2D eigenvalue weighted by Gasteiger charge is -2.08. The maximum Gasteiger partial charge on any atom is 0.223 e. The van der Waals surface area contributed by atoms with Gasteiger partial charge in [0.2, 0.25) is 5.95 Å². The van der Waals surface area contributed by atoms with Crippen LogP contribution >= 0.6 is 0 Å². The van der Waals surface area contributed by atoms with Crippen molar-refractivity contribution in [3.8, 4) is 11.3 Å². The molecule has 92 valence electrons. The topological polar surface area (TPSA) is 37.8 Å². The van der Waals surface area contributed by atoms with Crippen molar-refractivity contribution < 1.29 is 4.39 Å². The molecule has 18 heavy (non-hydrogen) atoms. The van der Waals surface area contributed by atoms with Crippen LogP contribution in [0.25, 0.3) is 11.3 Å². The van der Waals surface area contributed by atoms with E-state index in [0.717, 1.165) is 16.8 Å². The number of halogens is 1. The second-order valence-corrected chi connectivity index (χ2v) is 4.65. The Labute approximate surface area is 105 Å². The Balaban J connectivity index is 1.98. The van der Waals surface area contributed by atoms with E-state index >= 15 is 0 Å². The SMILES string of the molecule is Cc1cnc(NC2CC2)nc1-c1cccc(F)c1. The van der Waals surface area contributed by atoms with Gasteiger partial charge in [-0.2, -0.15) is 0 Å². The molecular formula is C14H14FN3. The lowest BCUT2D eigenvalue weighted by molar-refractivity contribution is 0.628. The van der Waals surface area contributed by atoms with Gasteiger partial charge in [-0.3, -0.25) is 0 Å². The highest BCUT2D eigenvalue weighted by atomic mass is 19.1. The summed E-state index contributed by atoms with van der Waals surface area (Å²) in [6.45, 7) is 1.93. The first kappa shape index (κ1) is 11.1. The highest BCUT2D eigenvalue weighted by Gasteiger charge is 2.22. The summed E-state index contributed by atoms with van der Waals surface area (Å²) in [5, 5.41) is 3.25. The first-order valence-corrected chi connectivity index (χ1v) is 6.08. The minimum absolute atomic E-state index is 0.248. The minimum Gasteiger partial charge on any atom is -0.351 e. The molecule has 1 aliphatic rings. The molecule has 0 radical (unpaired) electrons. The van der Waals surface area contributed by atoms with Crippen molar-refractivity contribution in [2.24, 2.45) is 0 Å². The fourth-order valence-corrected chi connectivity index (χ4v) is 1.85. The summed E-state index contributed by atoms with van der Waals surface area (Å²) < 4.78 is 13.2. The Morgan fingerprint density at radius 2 is 2.17 bits per heavy atom. The van der Waals surface area contributed by atoms with Crippen molar-refractivity contribution in [3.05, 3.63) is 41.8 Å². The molecule has 0 saturated heterocycles. The molecule has 1 aromatic carbocycles. The van der Waals surface area contributed by atoms with Crippen molar-refractivity contribution in [2.45, 2.75) is 25.8 Å². The summed E-state index contributed by atoms with van der Waals surface area (Å²) in [6, 6.07) is 6.99. The largest absolute Gasteiger partial charge is 0.351 e. The van der Waals surface area contributed by atoms with E-state index in [2.05, 4.69) is 15.3 Å². The van der Waals surface area contributed by atoms with Gasteiger partial charge in [-0.15, -0.1) is 0 Å². The number of anilines is 1. The molecule has 0 bridgehead atoms. The minimum atomic E-state index is -0.248. The standard InChI is InChI=1S/C14H14FN3/c1-9-8-16-14(17-12-5-6-12)18-13(9)10-3-2-4-11(15)7-10/h2-4,7-8,12H,5-6H2,1H3,(H,16,17,18).